The summed E-state index contributed by atoms with van der Waals surface area (Å²) in [7, 11) is 0. The highest BCUT2D eigenvalue weighted by Crippen LogP contribution is 2.07. The molecule has 0 saturated carbocycles. The molecule has 13 heavy (non-hydrogen) atoms. The van der Waals surface area contributed by atoms with Crippen molar-refractivity contribution in [2.45, 2.75) is 39.7 Å². The Morgan fingerprint density at radius 2 is 1.85 bits per heavy atom. The van der Waals surface area contributed by atoms with Crippen LogP contribution in [-0.4, -0.2) is 18.6 Å². The lowest BCUT2D eigenvalue weighted by Gasteiger charge is -2.13. The van der Waals surface area contributed by atoms with E-state index in [2.05, 4.69) is 13.8 Å². The van der Waals surface area contributed by atoms with Crippen molar-refractivity contribution in [3.8, 4) is 0 Å². The molecule has 0 spiro atoms. The minimum atomic E-state index is -0.501. The Hall–Kier alpha value is -0.280. The Bertz CT molecular complexity index is 136. The normalized spacial score (nSPS) is 12.1. The molecule has 0 aromatic carbocycles. The number of ether oxygens (including phenoxy) is 1. The molecule has 1 unspecified atom stereocenters. The molecular weight excluding hydrogens is 190 g/mol. The van der Waals surface area contributed by atoms with Gasteiger partial charge in [-0.3, -0.25) is 4.79 Å². The fourth-order valence-electron chi connectivity index (χ4n) is 0.856. The molecule has 0 radical (unpaired) electrons. The predicted molar refractivity (Wildman–Crippen MR) is 55.9 cm³/mol. The number of halogens is 1. The van der Waals surface area contributed by atoms with Crippen LogP contribution >= 0.6 is 12.4 Å². The van der Waals surface area contributed by atoms with E-state index in [-0.39, 0.29) is 18.4 Å². The molecule has 80 valence electrons. The third-order valence-electron chi connectivity index (χ3n) is 1.99. The topological polar surface area (TPSA) is 52.3 Å². The molecule has 0 saturated heterocycles. The lowest BCUT2D eigenvalue weighted by atomic mass is 10.1. The molecular formula is C9H20ClNO2. The van der Waals surface area contributed by atoms with Gasteiger partial charge in [-0.15, -0.1) is 12.4 Å². The highest BCUT2D eigenvalue weighted by Gasteiger charge is 2.11. The molecule has 0 aliphatic heterocycles. The summed E-state index contributed by atoms with van der Waals surface area (Å²) < 4.78 is 4.98. The van der Waals surface area contributed by atoms with Crippen molar-refractivity contribution in [2.75, 3.05) is 6.61 Å². The third-order valence-corrected chi connectivity index (χ3v) is 1.99. The fraction of sp³-hybridized carbons (Fsp3) is 0.889. The minimum Gasteiger partial charge on any atom is -0.464 e. The Morgan fingerprint density at radius 1 is 1.38 bits per heavy atom. The zero-order valence-corrected chi connectivity index (χ0v) is 9.39. The lowest BCUT2D eigenvalue weighted by Crippen LogP contribution is -2.30. The summed E-state index contributed by atoms with van der Waals surface area (Å²) in [6, 6.07) is -0.501. The molecule has 0 aromatic heterocycles. The smallest absolute Gasteiger partial charge is 0.322 e. The maximum absolute atomic E-state index is 10.9. The summed E-state index contributed by atoms with van der Waals surface area (Å²) in [4.78, 5) is 10.9. The summed E-state index contributed by atoms with van der Waals surface area (Å²) in [6.45, 7) is 6.32. The monoisotopic (exact) mass is 209 g/mol. The van der Waals surface area contributed by atoms with E-state index in [0.717, 1.165) is 12.8 Å². The van der Waals surface area contributed by atoms with Gasteiger partial charge in [-0.1, -0.05) is 26.7 Å². The van der Waals surface area contributed by atoms with E-state index < -0.39 is 6.04 Å². The van der Waals surface area contributed by atoms with E-state index in [0.29, 0.717) is 12.5 Å². The van der Waals surface area contributed by atoms with Crippen LogP contribution in [0.5, 0.6) is 0 Å². The lowest BCUT2D eigenvalue weighted by molar-refractivity contribution is -0.146. The molecule has 0 aliphatic rings. The second kappa shape index (κ2) is 8.32. The standard InChI is InChI=1S/C9H19NO2.ClH/c1-4-8(5-2)6-12-9(11)7(3)10;/h7-8H,4-6,10H2,1-3H3;1H. The average Bonchev–Trinajstić information content (AvgIpc) is 2.05. The summed E-state index contributed by atoms with van der Waals surface area (Å²) in [5.41, 5.74) is 5.33. The Morgan fingerprint density at radius 3 is 2.15 bits per heavy atom. The van der Waals surface area contributed by atoms with Crippen LogP contribution < -0.4 is 5.73 Å². The van der Waals surface area contributed by atoms with Gasteiger partial charge in [-0.2, -0.15) is 0 Å². The van der Waals surface area contributed by atoms with Crippen LogP contribution in [-0.2, 0) is 9.53 Å². The first-order valence-electron chi connectivity index (χ1n) is 4.54. The molecule has 0 aliphatic carbocycles. The third kappa shape index (κ3) is 6.84. The van der Waals surface area contributed by atoms with Gasteiger partial charge in [0.2, 0.25) is 0 Å². The van der Waals surface area contributed by atoms with Gasteiger partial charge in [0, 0.05) is 0 Å². The maximum atomic E-state index is 10.9. The number of hydrogen-bond donors (Lipinski definition) is 1. The number of carbonyl (C=O) groups is 1. The van der Waals surface area contributed by atoms with Gasteiger partial charge >= 0.3 is 5.97 Å². The van der Waals surface area contributed by atoms with Gasteiger partial charge < -0.3 is 10.5 Å². The molecule has 0 amide bonds. The van der Waals surface area contributed by atoms with Crippen LogP contribution in [0.15, 0.2) is 0 Å². The van der Waals surface area contributed by atoms with Gasteiger partial charge in [-0.05, 0) is 12.8 Å². The average molecular weight is 210 g/mol. The van der Waals surface area contributed by atoms with E-state index in [9.17, 15) is 4.79 Å². The van der Waals surface area contributed by atoms with Crippen LogP contribution in [0.25, 0.3) is 0 Å². The molecule has 0 fully saturated rings. The number of hydrogen-bond acceptors (Lipinski definition) is 3. The first-order chi connectivity index (χ1) is 5.61. The Kier molecular flexibility index (Phi) is 9.74. The number of carbonyl (C=O) groups excluding carboxylic acids is 1. The summed E-state index contributed by atoms with van der Waals surface area (Å²) in [6.07, 6.45) is 2.09. The van der Waals surface area contributed by atoms with Crippen molar-refractivity contribution in [2.24, 2.45) is 11.7 Å². The van der Waals surface area contributed by atoms with Crippen molar-refractivity contribution in [3.63, 3.8) is 0 Å². The first-order valence-corrected chi connectivity index (χ1v) is 4.54. The summed E-state index contributed by atoms with van der Waals surface area (Å²) in [5, 5.41) is 0. The Labute approximate surface area is 86.4 Å². The molecule has 0 rings (SSSR count). The van der Waals surface area contributed by atoms with E-state index in [1.165, 1.54) is 0 Å². The second-order valence-corrected chi connectivity index (χ2v) is 3.10. The van der Waals surface area contributed by atoms with E-state index in [1.807, 2.05) is 0 Å². The van der Waals surface area contributed by atoms with Crippen LogP contribution in [0.2, 0.25) is 0 Å². The van der Waals surface area contributed by atoms with Crippen LogP contribution in [0, 0.1) is 5.92 Å². The molecule has 4 heteroatoms. The van der Waals surface area contributed by atoms with Crippen molar-refractivity contribution in [1.29, 1.82) is 0 Å². The number of esters is 1. The zero-order chi connectivity index (χ0) is 9.56. The van der Waals surface area contributed by atoms with Gasteiger partial charge in [0.05, 0.1) is 6.61 Å². The highest BCUT2D eigenvalue weighted by atomic mass is 35.5. The molecule has 3 nitrogen and oxygen atoms in total. The minimum absolute atomic E-state index is 0. The van der Waals surface area contributed by atoms with Gasteiger partial charge in [0.15, 0.2) is 0 Å². The van der Waals surface area contributed by atoms with Gasteiger partial charge in [0.1, 0.15) is 6.04 Å². The van der Waals surface area contributed by atoms with Crippen molar-refractivity contribution in [1.82, 2.24) is 0 Å². The highest BCUT2D eigenvalue weighted by molar-refractivity contribution is 5.85. The predicted octanol–water partition coefficient (Wildman–Crippen LogP) is 1.73. The largest absolute Gasteiger partial charge is 0.464 e. The van der Waals surface area contributed by atoms with E-state index in [1.54, 1.807) is 6.92 Å². The van der Waals surface area contributed by atoms with Crippen molar-refractivity contribution < 1.29 is 9.53 Å². The van der Waals surface area contributed by atoms with Crippen LogP contribution in [0.1, 0.15) is 33.6 Å². The van der Waals surface area contributed by atoms with Crippen molar-refractivity contribution >= 4 is 18.4 Å². The van der Waals surface area contributed by atoms with Crippen LogP contribution in [0.4, 0.5) is 0 Å². The van der Waals surface area contributed by atoms with E-state index >= 15 is 0 Å². The van der Waals surface area contributed by atoms with Gasteiger partial charge in [-0.25, -0.2) is 0 Å². The van der Waals surface area contributed by atoms with Crippen LogP contribution in [0.3, 0.4) is 0 Å². The molecule has 0 heterocycles. The molecule has 0 bridgehead atoms. The summed E-state index contributed by atoms with van der Waals surface area (Å²) >= 11 is 0. The SMILES string of the molecule is CCC(CC)COC(=O)C(C)N.Cl. The number of rotatable bonds is 5. The second-order valence-electron chi connectivity index (χ2n) is 3.10. The Balaban J connectivity index is 0. The fourth-order valence-corrected chi connectivity index (χ4v) is 0.856. The molecule has 1 atom stereocenters. The first kappa shape index (κ1) is 15.2. The molecule has 0 aromatic rings. The molecule has 2 N–H and O–H groups in total. The van der Waals surface area contributed by atoms with Gasteiger partial charge in [0.25, 0.3) is 0 Å². The number of nitrogens with two attached hydrogens (primary N) is 1. The van der Waals surface area contributed by atoms with Crippen molar-refractivity contribution in [3.05, 3.63) is 0 Å². The quantitative estimate of drug-likeness (QED) is 0.702. The zero-order valence-electron chi connectivity index (χ0n) is 8.58. The maximum Gasteiger partial charge on any atom is 0.322 e. The van der Waals surface area contributed by atoms with E-state index in [4.69, 9.17) is 10.5 Å². The summed E-state index contributed by atoms with van der Waals surface area (Å²) in [5.74, 6) is 0.176.